The van der Waals surface area contributed by atoms with Crippen LogP contribution in [-0.2, 0) is 4.79 Å². The lowest BCUT2D eigenvalue weighted by molar-refractivity contribution is -0.192. The number of hydrogen-bond donors (Lipinski definition) is 2. The van der Waals surface area contributed by atoms with Gasteiger partial charge in [0.1, 0.15) is 5.75 Å². The van der Waals surface area contributed by atoms with E-state index in [0.29, 0.717) is 24.0 Å². The number of hydrogen-bond acceptors (Lipinski definition) is 6. The van der Waals surface area contributed by atoms with Gasteiger partial charge in [-0.25, -0.2) is 9.78 Å². The molecule has 2 saturated heterocycles. The van der Waals surface area contributed by atoms with Crippen LogP contribution in [0, 0.1) is 5.92 Å². The predicted octanol–water partition coefficient (Wildman–Crippen LogP) is 3.04. The smallest absolute Gasteiger partial charge is 0.490 e. The van der Waals surface area contributed by atoms with Crippen molar-refractivity contribution < 1.29 is 37.7 Å². The fourth-order valence-corrected chi connectivity index (χ4v) is 4.19. The van der Waals surface area contributed by atoms with Crippen molar-refractivity contribution in [1.29, 1.82) is 0 Å². The van der Waals surface area contributed by atoms with Gasteiger partial charge in [-0.3, -0.25) is 9.69 Å². The van der Waals surface area contributed by atoms with Crippen LogP contribution in [0.15, 0.2) is 48.7 Å². The lowest BCUT2D eigenvalue weighted by Gasteiger charge is -2.58. The summed E-state index contributed by atoms with van der Waals surface area (Å²) < 4.78 is 37.6. The van der Waals surface area contributed by atoms with Crippen molar-refractivity contribution >= 4 is 11.9 Å². The second-order valence-corrected chi connectivity index (χ2v) is 8.50. The highest BCUT2D eigenvalue weighted by atomic mass is 19.4. The number of likely N-dealkylation sites (N-methyl/N-ethyl adjacent to an activating group) is 1. The molecule has 11 heteroatoms. The molecule has 0 saturated carbocycles. The number of phenolic OH excluding ortho intramolecular Hbond substituents is 1. The van der Waals surface area contributed by atoms with Crippen LogP contribution < -0.4 is 4.74 Å². The Kier molecular flexibility index (Phi) is 7.65. The SMILES string of the molecule is CN1CCC(COc2ccccn2)CC12CN(C(=O)c1cccc(O)c1)C2.O=C(O)C(F)(F)F. The summed E-state index contributed by atoms with van der Waals surface area (Å²) in [5, 5.41) is 16.7. The minimum absolute atomic E-state index is 0.0169. The molecule has 1 amide bonds. The number of pyridine rings is 1. The molecule has 1 spiro atoms. The number of amides is 1. The molecule has 1 aromatic carbocycles. The van der Waals surface area contributed by atoms with Gasteiger partial charge < -0.3 is 19.8 Å². The van der Waals surface area contributed by atoms with Gasteiger partial charge in [-0.2, -0.15) is 13.2 Å². The number of carboxylic acid groups (broad SMARTS) is 1. The first-order valence-electron chi connectivity index (χ1n) is 10.6. The largest absolute Gasteiger partial charge is 0.508 e. The molecule has 4 rings (SSSR count). The van der Waals surface area contributed by atoms with Crippen LogP contribution in [0.3, 0.4) is 0 Å². The Morgan fingerprint density at radius 3 is 2.50 bits per heavy atom. The zero-order valence-corrected chi connectivity index (χ0v) is 18.5. The molecule has 0 bridgehead atoms. The van der Waals surface area contributed by atoms with Crippen molar-refractivity contribution in [2.45, 2.75) is 24.6 Å². The summed E-state index contributed by atoms with van der Waals surface area (Å²) in [6.07, 6.45) is -1.24. The predicted molar refractivity (Wildman–Crippen MR) is 116 cm³/mol. The fraction of sp³-hybridized carbons (Fsp3) is 0.435. The molecule has 2 aliphatic rings. The van der Waals surface area contributed by atoms with Gasteiger partial charge >= 0.3 is 12.1 Å². The third-order valence-electron chi connectivity index (χ3n) is 6.05. The molecule has 2 aliphatic heterocycles. The normalized spacial score (nSPS) is 19.5. The molecule has 1 unspecified atom stereocenters. The van der Waals surface area contributed by atoms with E-state index in [4.69, 9.17) is 14.6 Å². The Labute approximate surface area is 194 Å². The summed E-state index contributed by atoms with van der Waals surface area (Å²) in [7, 11) is 2.14. The highest BCUT2D eigenvalue weighted by Gasteiger charge is 2.51. The van der Waals surface area contributed by atoms with Crippen LogP contribution in [0.25, 0.3) is 0 Å². The molecule has 2 fully saturated rings. The van der Waals surface area contributed by atoms with Crippen molar-refractivity contribution in [1.82, 2.24) is 14.8 Å². The van der Waals surface area contributed by atoms with E-state index in [1.165, 1.54) is 6.07 Å². The molecule has 34 heavy (non-hydrogen) atoms. The fourth-order valence-electron chi connectivity index (χ4n) is 4.19. The number of benzene rings is 1. The average molecular weight is 481 g/mol. The van der Waals surface area contributed by atoms with E-state index in [9.17, 15) is 23.1 Å². The Morgan fingerprint density at radius 2 is 1.91 bits per heavy atom. The molecule has 2 N–H and O–H groups in total. The number of carboxylic acids is 1. The lowest BCUT2D eigenvalue weighted by Crippen LogP contribution is -2.72. The van der Waals surface area contributed by atoms with E-state index in [-0.39, 0.29) is 17.2 Å². The van der Waals surface area contributed by atoms with Crippen molar-refractivity contribution in [3.8, 4) is 11.6 Å². The van der Waals surface area contributed by atoms with Crippen LogP contribution in [0.5, 0.6) is 11.6 Å². The maximum atomic E-state index is 12.7. The maximum absolute atomic E-state index is 12.7. The van der Waals surface area contributed by atoms with Crippen molar-refractivity contribution in [3.05, 3.63) is 54.2 Å². The molecule has 3 heterocycles. The number of ether oxygens (including phenoxy) is 1. The van der Waals surface area contributed by atoms with E-state index < -0.39 is 12.1 Å². The zero-order valence-electron chi connectivity index (χ0n) is 18.5. The molecule has 0 aliphatic carbocycles. The Balaban J connectivity index is 0.000000406. The quantitative estimate of drug-likeness (QED) is 0.692. The maximum Gasteiger partial charge on any atom is 0.490 e. The topological polar surface area (TPSA) is 103 Å². The third kappa shape index (κ3) is 6.16. The number of nitrogens with zero attached hydrogens (tertiary/aromatic N) is 3. The highest BCUT2D eigenvalue weighted by molar-refractivity contribution is 5.95. The first kappa shape index (κ1) is 25.3. The van der Waals surface area contributed by atoms with Crippen molar-refractivity contribution in [2.24, 2.45) is 5.92 Å². The number of phenols is 1. The number of aromatic nitrogens is 1. The number of carbonyl (C=O) groups is 2. The number of piperidine rings is 1. The molecule has 1 aromatic heterocycles. The van der Waals surface area contributed by atoms with Gasteiger partial charge in [0.25, 0.3) is 5.91 Å². The minimum Gasteiger partial charge on any atom is -0.508 e. The van der Waals surface area contributed by atoms with Gasteiger partial charge in [-0.05, 0) is 56.6 Å². The van der Waals surface area contributed by atoms with Gasteiger partial charge in [0.05, 0.1) is 12.1 Å². The minimum atomic E-state index is -5.08. The summed E-state index contributed by atoms with van der Waals surface area (Å²) >= 11 is 0. The van der Waals surface area contributed by atoms with E-state index in [1.807, 2.05) is 23.1 Å². The van der Waals surface area contributed by atoms with E-state index >= 15 is 0 Å². The van der Waals surface area contributed by atoms with Gasteiger partial charge in [0, 0.05) is 30.9 Å². The van der Waals surface area contributed by atoms with E-state index in [2.05, 4.69) is 16.9 Å². The highest BCUT2D eigenvalue weighted by Crippen LogP contribution is 2.39. The lowest BCUT2D eigenvalue weighted by atomic mass is 9.75. The summed E-state index contributed by atoms with van der Waals surface area (Å²) in [6, 6.07) is 12.2. The zero-order chi connectivity index (χ0) is 24.9. The monoisotopic (exact) mass is 481 g/mol. The summed E-state index contributed by atoms with van der Waals surface area (Å²) in [5.74, 6) is -1.53. The first-order valence-corrected chi connectivity index (χ1v) is 10.6. The van der Waals surface area contributed by atoms with Crippen LogP contribution in [0.1, 0.15) is 23.2 Å². The number of rotatable bonds is 4. The molecular weight excluding hydrogens is 455 g/mol. The number of alkyl halides is 3. The molecule has 8 nitrogen and oxygen atoms in total. The molecule has 184 valence electrons. The number of aromatic hydroxyl groups is 1. The van der Waals surface area contributed by atoms with Gasteiger partial charge in [0.15, 0.2) is 0 Å². The number of carbonyl (C=O) groups excluding carboxylic acids is 1. The summed E-state index contributed by atoms with van der Waals surface area (Å²) in [5.41, 5.74) is 0.571. The van der Waals surface area contributed by atoms with E-state index in [1.54, 1.807) is 24.4 Å². The summed E-state index contributed by atoms with van der Waals surface area (Å²) in [4.78, 5) is 30.0. The third-order valence-corrected chi connectivity index (χ3v) is 6.05. The van der Waals surface area contributed by atoms with Crippen molar-refractivity contribution in [2.75, 3.05) is 33.3 Å². The second-order valence-electron chi connectivity index (χ2n) is 8.50. The average Bonchev–Trinajstić information content (AvgIpc) is 2.77. The molecule has 2 aromatic rings. The number of aliphatic carboxylic acids is 1. The van der Waals surface area contributed by atoms with Gasteiger partial charge in [-0.15, -0.1) is 0 Å². The van der Waals surface area contributed by atoms with Crippen LogP contribution >= 0.6 is 0 Å². The van der Waals surface area contributed by atoms with Crippen LogP contribution in [0.2, 0.25) is 0 Å². The Hall–Kier alpha value is -3.34. The Bertz CT molecular complexity index is 997. The number of likely N-dealkylation sites (tertiary alicyclic amines) is 2. The first-order chi connectivity index (χ1) is 16.0. The van der Waals surface area contributed by atoms with Crippen LogP contribution in [-0.4, -0.2) is 81.9 Å². The standard InChI is InChI=1S/C21H25N3O3.C2HF3O2/c1-23-10-8-16(13-27-19-7-2-3-9-22-19)12-21(23)14-24(15-21)20(26)17-5-4-6-18(25)11-17;3-2(4,5)1(6)7/h2-7,9,11,16,25H,8,10,12-15H2,1H3;(H,6,7). The van der Waals surface area contributed by atoms with Crippen LogP contribution in [0.4, 0.5) is 13.2 Å². The molecule has 0 radical (unpaired) electrons. The Morgan fingerprint density at radius 1 is 1.21 bits per heavy atom. The van der Waals surface area contributed by atoms with Crippen molar-refractivity contribution in [3.63, 3.8) is 0 Å². The second kappa shape index (κ2) is 10.3. The van der Waals surface area contributed by atoms with Gasteiger partial charge in [0.2, 0.25) is 5.88 Å². The summed E-state index contributed by atoms with van der Waals surface area (Å²) in [6.45, 7) is 3.10. The van der Waals surface area contributed by atoms with E-state index in [0.717, 1.165) is 32.5 Å². The molecule has 1 atom stereocenters. The van der Waals surface area contributed by atoms with Gasteiger partial charge in [-0.1, -0.05) is 12.1 Å². The number of halogens is 3. The molecular formula is C23H26F3N3O5.